The van der Waals surface area contributed by atoms with E-state index < -0.39 is 0 Å². The molecule has 0 aliphatic carbocycles. The van der Waals surface area contributed by atoms with Crippen molar-refractivity contribution in [2.75, 3.05) is 6.54 Å². The zero-order valence-corrected chi connectivity index (χ0v) is 9.85. The summed E-state index contributed by atoms with van der Waals surface area (Å²) in [6.45, 7) is 0.652. The molecule has 4 N–H and O–H groups in total. The van der Waals surface area contributed by atoms with Crippen molar-refractivity contribution in [2.24, 2.45) is 5.73 Å². The summed E-state index contributed by atoms with van der Waals surface area (Å²) >= 11 is 0. The molecule has 0 aliphatic heterocycles. The molecular formula is C13H14N5+. The van der Waals surface area contributed by atoms with Crippen molar-refractivity contribution >= 4 is 11.2 Å². The molecule has 0 spiro atoms. The second kappa shape index (κ2) is 4.54. The average molecular weight is 240 g/mol. The second-order valence-electron chi connectivity index (χ2n) is 4.12. The van der Waals surface area contributed by atoms with Crippen LogP contribution in [0.3, 0.4) is 0 Å². The highest BCUT2D eigenvalue weighted by Gasteiger charge is 2.13. The van der Waals surface area contributed by atoms with E-state index in [1.165, 1.54) is 5.56 Å². The topological polar surface area (TPSA) is 81.7 Å². The zero-order valence-electron chi connectivity index (χ0n) is 9.85. The molecule has 0 fully saturated rings. The number of H-pyrrole nitrogens is 2. The van der Waals surface area contributed by atoms with Crippen LogP contribution in [0.1, 0.15) is 5.56 Å². The number of nitrogens with two attached hydrogens (primary N) is 1. The van der Waals surface area contributed by atoms with Crippen molar-refractivity contribution in [1.29, 1.82) is 0 Å². The monoisotopic (exact) mass is 240 g/mol. The van der Waals surface area contributed by atoms with E-state index in [4.69, 9.17) is 5.73 Å². The van der Waals surface area contributed by atoms with Gasteiger partial charge in [-0.1, -0.05) is 23.2 Å². The lowest BCUT2D eigenvalue weighted by Crippen LogP contribution is -2.06. The van der Waals surface area contributed by atoms with E-state index in [0.717, 1.165) is 28.8 Å². The maximum Gasteiger partial charge on any atom is 0.289 e. The maximum atomic E-state index is 5.59. The van der Waals surface area contributed by atoms with Gasteiger partial charge in [-0.05, 0) is 24.6 Å². The SMILES string of the molecule is NCCc1cccc(-c2nc[nH+]c3nc[nH]c23)c1. The Morgan fingerprint density at radius 3 is 3.11 bits per heavy atom. The fourth-order valence-corrected chi connectivity index (χ4v) is 2.07. The number of nitrogens with zero attached hydrogens (tertiary/aromatic N) is 2. The highest BCUT2D eigenvalue weighted by Crippen LogP contribution is 2.22. The molecule has 0 saturated carbocycles. The summed E-state index contributed by atoms with van der Waals surface area (Å²) in [6.07, 6.45) is 4.20. The molecule has 5 heteroatoms. The van der Waals surface area contributed by atoms with Crippen LogP contribution in [0.15, 0.2) is 36.9 Å². The van der Waals surface area contributed by atoms with Gasteiger partial charge in [0.2, 0.25) is 6.33 Å². The van der Waals surface area contributed by atoms with Crippen LogP contribution >= 0.6 is 0 Å². The van der Waals surface area contributed by atoms with Gasteiger partial charge in [-0.25, -0.2) is 4.98 Å². The fourth-order valence-electron chi connectivity index (χ4n) is 2.07. The van der Waals surface area contributed by atoms with Crippen LogP contribution in [-0.2, 0) is 6.42 Å². The molecule has 0 radical (unpaired) electrons. The predicted octanol–water partition coefficient (Wildman–Crippen LogP) is 0.940. The number of aromatic amines is 2. The highest BCUT2D eigenvalue weighted by molar-refractivity contribution is 5.84. The largest absolute Gasteiger partial charge is 0.330 e. The molecule has 0 aliphatic rings. The first-order chi connectivity index (χ1) is 8.88. The average Bonchev–Trinajstić information content (AvgIpc) is 2.87. The third-order valence-corrected chi connectivity index (χ3v) is 2.90. The molecule has 18 heavy (non-hydrogen) atoms. The van der Waals surface area contributed by atoms with Crippen LogP contribution in [0.25, 0.3) is 22.4 Å². The van der Waals surface area contributed by atoms with Crippen molar-refractivity contribution in [1.82, 2.24) is 15.0 Å². The molecule has 0 atom stereocenters. The first-order valence-corrected chi connectivity index (χ1v) is 5.87. The molecule has 5 nitrogen and oxygen atoms in total. The van der Waals surface area contributed by atoms with Crippen LogP contribution < -0.4 is 10.7 Å². The summed E-state index contributed by atoms with van der Waals surface area (Å²) in [7, 11) is 0. The second-order valence-corrected chi connectivity index (χ2v) is 4.12. The summed E-state index contributed by atoms with van der Waals surface area (Å²) in [5.74, 6) is 0. The zero-order chi connectivity index (χ0) is 12.4. The van der Waals surface area contributed by atoms with Crippen LogP contribution in [0.4, 0.5) is 0 Å². The molecule has 0 amide bonds. The molecule has 3 aromatic rings. The summed E-state index contributed by atoms with van der Waals surface area (Å²) in [4.78, 5) is 14.7. The van der Waals surface area contributed by atoms with E-state index in [1.54, 1.807) is 12.7 Å². The molecule has 3 rings (SSSR count). The minimum atomic E-state index is 0.652. The highest BCUT2D eigenvalue weighted by atomic mass is 15.0. The van der Waals surface area contributed by atoms with Gasteiger partial charge >= 0.3 is 0 Å². The lowest BCUT2D eigenvalue weighted by molar-refractivity contribution is -0.352. The van der Waals surface area contributed by atoms with Crippen LogP contribution in [0, 0.1) is 0 Å². The molecule has 2 heterocycles. The maximum absolute atomic E-state index is 5.59. The number of fused-ring (bicyclic) bond motifs is 1. The first-order valence-electron chi connectivity index (χ1n) is 5.87. The smallest absolute Gasteiger partial charge is 0.289 e. The van der Waals surface area contributed by atoms with Gasteiger partial charge < -0.3 is 10.7 Å². The Bertz CT molecular complexity index is 674. The summed E-state index contributed by atoms with van der Waals surface area (Å²) in [6, 6.07) is 8.27. The minimum absolute atomic E-state index is 0.652. The number of hydrogen-bond acceptors (Lipinski definition) is 3. The van der Waals surface area contributed by atoms with Crippen molar-refractivity contribution in [3.05, 3.63) is 42.5 Å². The Balaban J connectivity index is 2.13. The first kappa shape index (κ1) is 10.9. The van der Waals surface area contributed by atoms with Gasteiger partial charge in [-0.15, -0.1) is 4.98 Å². The number of hydrogen-bond donors (Lipinski definition) is 2. The van der Waals surface area contributed by atoms with Crippen LogP contribution in [0.5, 0.6) is 0 Å². The van der Waals surface area contributed by atoms with Gasteiger partial charge in [0, 0.05) is 5.56 Å². The van der Waals surface area contributed by atoms with E-state index in [-0.39, 0.29) is 0 Å². The quantitative estimate of drug-likeness (QED) is 0.714. The molecular weight excluding hydrogens is 226 g/mol. The number of benzene rings is 1. The Morgan fingerprint density at radius 1 is 1.28 bits per heavy atom. The summed E-state index contributed by atoms with van der Waals surface area (Å²) < 4.78 is 0. The molecule has 0 saturated heterocycles. The molecule has 2 aromatic heterocycles. The van der Waals surface area contributed by atoms with Gasteiger partial charge in [-0.2, -0.15) is 0 Å². The fraction of sp³-hybridized carbons (Fsp3) is 0.154. The Hall–Kier alpha value is -2.27. The van der Waals surface area contributed by atoms with E-state index in [9.17, 15) is 0 Å². The van der Waals surface area contributed by atoms with E-state index >= 15 is 0 Å². The van der Waals surface area contributed by atoms with E-state index in [1.807, 2.05) is 12.1 Å². The van der Waals surface area contributed by atoms with E-state index in [2.05, 4.69) is 32.1 Å². The van der Waals surface area contributed by atoms with Crippen molar-refractivity contribution in [3.63, 3.8) is 0 Å². The number of imidazole rings is 1. The van der Waals surface area contributed by atoms with Crippen LogP contribution in [-0.4, -0.2) is 21.5 Å². The molecule has 0 bridgehead atoms. The Labute approximate surface area is 104 Å². The van der Waals surface area contributed by atoms with Gasteiger partial charge in [0.1, 0.15) is 0 Å². The number of aromatic nitrogens is 4. The lowest BCUT2D eigenvalue weighted by atomic mass is 10.1. The minimum Gasteiger partial charge on any atom is -0.330 e. The van der Waals surface area contributed by atoms with Crippen molar-refractivity contribution < 1.29 is 4.98 Å². The molecule has 0 unspecified atom stereocenters. The third-order valence-electron chi connectivity index (χ3n) is 2.90. The van der Waals surface area contributed by atoms with Gasteiger partial charge in [0.25, 0.3) is 5.65 Å². The number of nitrogens with one attached hydrogen (secondary N) is 2. The normalized spacial score (nSPS) is 10.9. The third kappa shape index (κ3) is 1.84. The predicted molar refractivity (Wildman–Crippen MR) is 68.6 cm³/mol. The van der Waals surface area contributed by atoms with Crippen molar-refractivity contribution in [3.8, 4) is 11.3 Å². The summed E-state index contributed by atoms with van der Waals surface area (Å²) in [5.41, 5.74) is 10.5. The van der Waals surface area contributed by atoms with E-state index in [0.29, 0.717) is 6.54 Å². The number of rotatable bonds is 3. The van der Waals surface area contributed by atoms with Gasteiger partial charge in [0.15, 0.2) is 17.5 Å². The van der Waals surface area contributed by atoms with Crippen molar-refractivity contribution in [2.45, 2.75) is 6.42 Å². The van der Waals surface area contributed by atoms with Gasteiger partial charge in [0.05, 0.1) is 0 Å². The Morgan fingerprint density at radius 2 is 2.22 bits per heavy atom. The van der Waals surface area contributed by atoms with Gasteiger partial charge in [-0.3, -0.25) is 0 Å². The molecule has 1 aromatic carbocycles. The Kier molecular flexibility index (Phi) is 2.74. The lowest BCUT2D eigenvalue weighted by Gasteiger charge is -2.02. The summed E-state index contributed by atoms with van der Waals surface area (Å²) in [5, 5.41) is 0. The van der Waals surface area contributed by atoms with Crippen LogP contribution in [0.2, 0.25) is 0 Å². The molecule has 90 valence electrons. The standard InChI is InChI=1S/C13H13N5/c14-5-4-9-2-1-3-10(6-9)11-12-13(17-7-15-11)18-8-16-12/h1-3,6-8H,4-5,14H2,(H,15,16,17,18)/p+1.